The highest BCUT2D eigenvalue weighted by Gasteiger charge is 2.15. The van der Waals surface area contributed by atoms with Gasteiger partial charge < -0.3 is 5.32 Å². The number of nitrogens with zero attached hydrogens (tertiary/aromatic N) is 4. The van der Waals surface area contributed by atoms with Gasteiger partial charge in [0.15, 0.2) is 0 Å². The highest BCUT2D eigenvalue weighted by Crippen LogP contribution is 2.17. The van der Waals surface area contributed by atoms with Crippen LogP contribution in [-0.4, -0.2) is 32.2 Å². The van der Waals surface area contributed by atoms with E-state index < -0.39 is 0 Å². The fourth-order valence-corrected chi connectivity index (χ4v) is 2.91. The van der Waals surface area contributed by atoms with Gasteiger partial charge in [0, 0.05) is 11.6 Å². The van der Waals surface area contributed by atoms with Crippen molar-refractivity contribution in [2.75, 3.05) is 0 Å². The minimum absolute atomic E-state index is 0.00818. The number of rotatable bonds is 3. The Morgan fingerprint density at radius 2 is 1.73 bits per heavy atom. The number of aromatic nitrogens is 4. The summed E-state index contributed by atoms with van der Waals surface area (Å²) in [5, 5.41) is 14.2. The van der Waals surface area contributed by atoms with Crippen molar-refractivity contribution in [3.8, 4) is 5.69 Å². The zero-order valence-electron chi connectivity index (χ0n) is 12.6. The molecular weight excluding hydrogens is 278 g/mol. The van der Waals surface area contributed by atoms with E-state index in [0.717, 1.165) is 18.5 Å². The van der Waals surface area contributed by atoms with E-state index in [1.54, 1.807) is 4.68 Å². The number of carbonyl (C=O) groups excluding carboxylic acids is 1. The minimum Gasteiger partial charge on any atom is -0.349 e. The van der Waals surface area contributed by atoms with Crippen LogP contribution in [0.15, 0.2) is 30.6 Å². The molecule has 6 nitrogen and oxygen atoms in total. The van der Waals surface area contributed by atoms with E-state index in [-0.39, 0.29) is 5.91 Å². The molecule has 0 aliphatic heterocycles. The standard InChI is InChI=1S/C16H21N5O/c22-16(18-14-6-4-2-1-3-5-7-14)13-8-10-15(11-9-13)21-12-17-19-20-21/h8-12,14H,1-7H2,(H,18,22). The quantitative estimate of drug-likeness (QED) is 0.945. The van der Waals surface area contributed by atoms with Gasteiger partial charge in [-0.3, -0.25) is 4.79 Å². The summed E-state index contributed by atoms with van der Waals surface area (Å²) < 4.78 is 1.57. The van der Waals surface area contributed by atoms with E-state index >= 15 is 0 Å². The van der Waals surface area contributed by atoms with Gasteiger partial charge in [0.25, 0.3) is 5.91 Å². The molecule has 1 fully saturated rings. The van der Waals surface area contributed by atoms with Crippen molar-refractivity contribution in [1.82, 2.24) is 25.5 Å². The molecule has 6 heteroatoms. The molecule has 116 valence electrons. The van der Waals surface area contributed by atoms with Crippen LogP contribution in [0.1, 0.15) is 55.3 Å². The van der Waals surface area contributed by atoms with Gasteiger partial charge in [-0.1, -0.05) is 32.1 Å². The number of hydrogen-bond donors (Lipinski definition) is 1. The van der Waals surface area contributed by atoms with Gasteiger partial charge in [-0.2, -0.15) is 0 Å². The van der Waals surface area contributed by atoms with Crippen LogP contribution >= 0.6 is 0 Å². The van der Waals surface area contributed by atoms with Crippen LogP contribution in [0.4, 0.5) is 0 Å². The van der Waals surface area contributed by atoms with E-state index in [2.05, 4.69) is 20.8 Å². The fourth-order valence-electron chi connectivity index (χ4n) is 2.91. The maximum Gasteiger partial charge on any atom is 0.251 e. The maximum absolute atomic E-state index is 12.4. The third-order valence-electron chi connectivity index (χ3n) is 4.18. The van der Waals surface area contributed by atoms with Crippen molar-refractivity contribution >= 4 is 5.91 Å². The first-order chi connectivity index (χ1) is 10.8. The number of nitrogens with one attached hydrogen (secondary N) is 1. The predicted octanol–water partition coefficient (Wildman–Crippen LogP) is 2.51. The number of tetrazole rings is 1. The summed E-state index contributed by atoms with van der Waals surface area (Å²) in [6, 6.07) is 7.64. The molecule has 1 aliphatic carbocycles. The van der Waals surface area contributed by atoms with Crippen molar-refractivity contribution in [2.45, 2.75) is 51.0 Å². The molecule has 0 spiro atoms. The molecule has 1 saturated carbocycles. The Morgan fingerprint density at radius 1 is 1.05 bits per heavy atom. The van der Waals surface area contributed by atoms with Crippen molar-refractivity contribution in [3.63, 3.8) is 0 Å². The fraction of sp³-hybridized carbons (Fsp3) is 0.500. The predicted molar refractivity (Wildman–Crippen MR) is 82.7 cm³/mol. The second-order valence-electron chi connectivity index (χ2n) is 5.82. The van der Waals surface area contributed by atoms with Crippen molar-refractivity contribution in [2.24, 2.45) is 0 Å². The Morgan fingerprint density at radius 3 is 2.36 bits per heavy atom. The summed E-state index contributed by atoms with van der Waals surface area (Å²) in [6.07, 6.45) is 10.0. The molecule has 2 aromatic rings. The molecule has 1 N–H and O–H groups in total. The largest absolute Gasteiger partial charge is 0.349 e. The summed E-state index contributed by atoms with van der Waals surface area (Å²) in [5.74, 6) is 0.00818. The molecule has 22 heavy (non-hydrogen) atoms. The zero-order valence-corrected chi connectivity index (χ0v) is 12.6. The van der Waals surface area contributed by atoms with Crippen LogP contribution in [0.5, 0.6) is 0 Å². The smallest absolute Gasteiger partial charge is 0.251 e. The molecule has 0 saturated heterocycles. The topological polar surface area (TPSA) is 72.7 Å². The van der Waals surface area contributed by atoms with Crippen molar-refractivity contribution in [1.29, 1.82) is 0 Å². The SMILES string of the molecule is O=C(NC1CCCCCCC1)c1ccc(-n2cnnn2)cc1. The summed E-state index contributed by atoms with van der Waals surface area (Å²) in [6.45, 7) is 0. The Bertz CT molecular complexity index is 586. The van der Waals surface area contributed by atoms with E-state index in [0.29, 0.717) is 11.6 Å². The number of amides is 1. The lowest BCUT2D eigenvalue weighted by molar-refractivity contribution is 0.0930. The van der Waals surface area contributed by atoms with Gasteiger partial charge in [-0.25, -0.2) is 4.68 Å². The molecular formula is C16H21N5O. The van der Waals surface area contributed by atoms with E-state index in [1.807, 2.05) is 24.3 Å². The van der Waals surface area contributed by atoms with Gasteiger partial charge in [0.1, 0.15) is 6.33 Å². The Labute approximate surface area is 129 Å². The number of benzene rings is 1. The minimum atomic E-state index is 0.00818. The van der Waals surface area contributed by atoms with Gasteiger partial charge in [-0.05, 0) is 47.5 Å². The van der Waals surface area contributed by atoms with Gasteiger partial charge in [-0.15, -0.1) is 5.10 Å². The van der Waals surface area contributed by atoms with Crippen molar-refractivity contribution in [3.05, 3.63) is 36.2 Å². The second-order valence-corrected chi connectivity index (χ2v) is 5.82. The third kappa shape index (κ3) is 3.69. The van der Waals surface area contributed by atoms with Crippen LogP contribution in [0.3, 0.4) is 0 Å². The molecule has 1 amide bonds. The lowest BCUT2D eigenvalue weighted by Crippen LogP contribution is -2.35. The zero-order chi connectivity index (χ0) is 15.2. The summed E-state index contributed by atoms with van der Waals surface area (Å²) >= 11 is 0. The molecule has 0 bridgehead atoms. The average molecular weight is 299 g/mol. The first-order valence-corrected chi connectivity index (χ1v) is 7.97. The van der Waals surface area contributed by atoms with E-state index in [1.165, 1.54) is 38.4 Å². The van der Waals surface area contributed by atoms with Crippen LogP contribution in [0.2, 0.25) is 0 Å². The average Bonchev–Trinajstić information content (AvgIpc) is 3.04. The summed E-state index contributed by atoms with van der Waals surface area (Å²) in [7, 11) is 0. The van der Waals surface area contributed by atoms with Crippen LogP contribution in [-0.2, 0) is 0 Å². The first kappa shape index (κ1) is 14.7. The third-order valence-corrected chi connectivity index (χ3v) is 4.18. The van der Waals surface area contributed by atoms with Crippen LogP contribution < -0.4 is 5.32 Å². The second kappa shape index (κ2) is 7.15. The molecule has 0 radical (unpaired) electrons. The van der Waals surface area contributed by atoms with Gasteiger partial charge >= 0.3 is 0 Å². The molecule has 1 heterocycles. The highest BCUT2D eigenvalue weighted by atomic mass is 16.1. The Balaban J connectivity index is 1.62. The molecule has 1 aromatic heterocycles. The highest BCUT2D eigenvalue weighted by molar-refractivity contribution is 5.94. The Hall–Kier alpha value is -2.24. The lowest BCUT2D eigenvalue weighted by atomic mass is 9.96. The molecule has 1 aliphatic rings. The van der Waals surface area contributed by atoms with Gasteiger partial charge in [0.2, 0.25) is 0 Å². The monoisotopic (exact) mass is 299 g/mol. The van der Waals surface area contributed by atoms with Crippen molar-refractivity contribution < 1.29 is 4.79 Å². The molecule has 0 unspecified atom stereocenters. The Kier molecular flexibility index (Phi) is 4.78. The number of carbonyl (C=O) groups is 1. The molecule has 1 aromatic carbocycles. The van der Waals surface area contributed by atoms with Gasteiger partial charge in [0.05, 0.1) is 5.69 Å². The van der Waals surface area contributed by atoms with E-state index in [4.69, 9.17) is 0 Å². The normalized spacial score (nSPS) is 16.7. The van der Waals surface area contributed by atoms with Crippen LogP contribution in [0.25, 0.3) is 5.69 Å². The molecule has 3 rings (SSSR count). The maximum atomic E-state index is 12.4. The van der Waals surface area contributed by atoms with E-state index in [9.17, 15) is 4.79 Å². The summed E-state index contributed by atoms with van der Waals surface area (Å²) in [5.41, 5.74) is 1.52. The first-order valence-electron chi connectivity index (χ1n) is 7.97. The molecule has 0 atom stereocenters. The lowest BCUT2D eigenvalue weighted by Gasteiger charge is -2.21. The number of hydrogen-bond acceptors (Lipinski definition) is 4. The summed E-state index contributed by atoms with van der Waals surface area (Å²) in [4.78, 5) is 12.4. The van der Waals surface area contributed by atoms with Crippen LogP contribution in [0, 0.1) is 0 Å².